The van der Waals surface area contributed by atoms with Crippen LogP contribution >= 0.6 is 0 Å². The van der Waals surface area contributed by atoms with Gasteiger partial charge in [0.1, 0.15) is 0 Å². The lowest BCUT2D eigenvalue weighted by Gasteiger charge is -2.29. The summed E-state index contributed by atoms with van der Waals surface area (Å²) in [6, 6.07) is 7.88. The summed E-state index contributed by atoms with van der Waals surface area (Å²) in [5, 5.41) is 9.02. The minimum Gasteiger partial charge on any atom is -0.481 e. The highest BCUT2D eigenvalue weighted by Crippen LogP contribution is 2.17. The Bertz CT molecular complexity index is 536. The number of carboxylic acid groups (broad SMARTS) is 1. The van der Waals surface area contributed by atoms with Crippen molar-refractivity contribution in [3.05, 3.63) is 41.5 Å². The zero-order valence-corrected chi connectivity index (χ0v) is 11.6. The van der Waals surface area contributed by atoms with E-state index in [9.17, 15) is 9.59 Å². The Hall–Kier alpha value is -2.10. The summed E-state index contributed by atoms with van der Waals surface area (Å²) in [6.07, 6.45) is 4.71. The first-order valence-corrected chi connectivity index (χ1v) is 6.83. The lowest BCUT2D eigenvalue weighted by molar-refractivity contribution is -0.144. The van der Waals surface area contributed by atoms with Crippen molar-refractivity contribution in [1.82, 2.24) is 4.90 Å². The van der Waals surface area contributed by atoms with E-state index in [2.05, 4.69) is 0 Å². The van der Waals surface area contributed by atoms with E-state index in [1.165, 1.54) is 6.08 Å². The van der Waals surface area contributed by atoms with Crippen LogP contribution < -0.4 is 0 Å². The van der Waals surface area contributed by atoms with Crippen LogP contribution in [-0.4, -0.2) is 35.0 Å². The van der Waals surface area contributed by atoms with Crippen LogP contribution in [0.5, 0.6) is 0 Å². The molecule has 1 aliphatic rings. The number of carbonyl (C=O) groups is 2. The molecule has 1 N–H and O–H groups in total. The molecule has 0 saturated carbocycles. The lowest BCUT2D eigenvalue weighted by Crippen LogP contribution is -2.41. The number of hydrogen-bond donors (Lipinski definition) is 1. The smallest absolute Gasteiger partial charge is 0.308 e. The van der Waals surface area contributed by atoms with Crippen molar-refractivity contribution in [2.24, 2.45) is 5.92 Å². The van der Waals surface area contributed by atoms with E-state index < -0.39 is 11.9 Å². The van der Waals surface area contributed by atoms with Gasteiger partial charge in [0, 0.05) is 19.2 Å². The lowest BCUT2D eigenvalue weighted by atomic mass is 9.98. The number of likely N-dealkylation sites (tertiary alicyclic amines) is 1. The van der Waals surface area contributed by atoms with Crippen LogP contribution in [0.2, 0.25) is 0 Å². The largest absolute Gasteiger partial charge is 0.481 e. The summed E-state index contributed by atoms with van der Waals surface area (Å²) < 4.78 is 0. The summed E-state index contributed by atoms with van der Waals surface area (Å²) in [5.41, 5.74) is 2.12. The zero-order valence-electron chi connectivity index (χ0n) is 11.6. The van der Waals surface area contributed by atoms with Gasteiger partial charge in [0.25, 0.3) is 0 Å². The minimum absolute atomic E-state index is 0.113. The fourth-order valence-corrected chi connectivity index (χ4v) is 2.43. The van der Waals surface area contributed by atoms with Crippen molar-refractivity contribution in [2.45, 2.75) is 19.8 Å². The molecule has 0 spiro atoms. The van der Waals surface area contributed by atoms with E-state index >= 15 is 0 Å². The molecule has 1 heterocycles. The number of nitrogens with zero attached hydrogens (tertiary/aromatic N) is 1. The number of aryl methyl sites for hydroxylation is 1. The molecule has 1 aromatic carbocycles. The Labute approximate surface area is 118 Å². The van der Waals surface area contributed by atoms with Crippen LogP contribution in [0.1, 0.15) is 24.0 Å². The third-order valence-electron chi connectivity index (χ3n) is 3.54. The molecule has 0 radical (unpaired) electrons. The van der Waals surface area contributed by atoms with Crippen LogP contribution in [0.15, 0.2) is 30.3 Å². The molecule has 0 unspecified atom stereocenters. The number of aliphatic carboxylic acids is 1. The van der Waals surface area contributed by atoms with Crippen LogP contribution in [0.3, 0.4) is 0 Å². The zero-order chi connectivity index (χ0) is 14.5. The van der Waals surface area contributed by atoms with Crippen molar-refractivity contribution in [1.29, 1.82) is 0 Å². The van der Waals surface area contributed by atoms with E-state index in [1.807, 2.05) is 31.2 Å². The highest BCUT2D eigenvalue weighted by atomic mass is 16.4. The molecule has 1 saturated heterocycles. The summed E-state index contributed by atoms with van der Waals surface area (Å²) in [6.45, 7) is 2.95. The van der Waals surface area contributed by atoms with Crippen LogP contribution in [-0.2, 0) is 9.59 Å². The molecule has 20 heavy (non-hydrogen) atoms. The molecule has 0 aromatic heterocycles. The van der Waals surface area contributed by atoms with Gasteiger partial charge in [0.2, 0.25) is 5.91 Å². The first kappa shape index (κ1) is 14.3. The van der Waals surface area contributed by atoms with E-state index in [0.29, 0.717) is 19.5 Å². The van der Waals surface area contributed by atoms with E-state index in [1.54, 1.807) is 11.0 Å². The summed E-state index contributed by atoms with van der Waals surface area (Å²) in [4.78, 5) is 24.7. The molecule has 1 atom stereocenters. The maximum Gasteiger partial charge on any atom is 0.308 e. The molecule has 4 heteroatoms. The second kappa shape index (κ2) is 6.37. The predicted molar refractivity (Wildman–Crippen MR) is 77.2 cm³/mol. The Morgan fingerprint density at radius 3 is 2.90 bits per heavy atom. The fraction of sp³-hybridized carbons (Fsp3) is 0.375. The Morgan fingerprint density at radius 2 is 2.20 bits per heavy atom. The average Bonchev–Trinajstić information content (AvgIpc) is 2.45. The summed E-state index contributed by atoms with van der Waals surface area (Å²) in [7, 11) is 0. The molecule has 1 amide bonds. The van der Waals surface area contributed by atoms with Gasteiger partial charge in [-0.1, -0.05) is 29.8 Å². The van der Waals surface area contributed by atoms with Crippen molar-refractivity contribution in [3.8, 4) is 0 Å². The molecular formula is C16H19NO3. The van der Waals surface area contributed by atoms with Crippen molar-refractivity contribution in [2.75, 3.05) is 13.1 Å². The molecule has 106 valence electrons. The summed E-state index contributed by atoms with van der Waals surface area (Å²) in [5.74, 6) is -1.36. The maximum absolute atomic E-state index is 12.1. The van der Waals surface area contributed by atoms with E-state index in [4.69, 9.17) is 5.11 Å². The Morgan fingerprint density at radius 1 is 1.40 bits per heavy atom. The molecule has 2 rings (SSSR count). The molecule has 1 aromatic rings. The number of carbonyl (C=O) groups excluding carboxylic acids is 1. The molecule has 1 aliphatic heterocycles. The number of benzene rings is 1. The van der Waals surface area contributed by atoms with E-state index in [0.717, 1.165) is 17.5 Å². The average molecular weight is 273 g/mol. The van der Waals surface area contributed by atoms with Gasteiger partial charge in [-0.15, -0.1) is 0 Å². The monoisotopic (exact) mass is 273 g/mol. The predicted octanol–water partition coefficient (Wildman–Crippen LogP) is 2.33. The third-order valence-corrected chi connectivity index (χ3v) is 3.54. The highest BCUT2D eigenvalue weighted by molar-refractivity contribution is 5.92. The number of hydrogen-bond acceptors (Lipinski definition) is 2. The molecule has 0 bridgehead atoms. The number of carboxylic acids is 1. The van der Waals surface area contributed by atoms with Crippen LogP contribution in [0.25, 0.3) is 6.08 Å². The van der Waals surface area contributed by atoms with Crippen molar-refractivity contribution >= 4 is 18.0 Å². The number of piperidine rings is 1. The number of amides is 1. The van der Waals surface area contributed by atoms with Crippen molar-refractivity contribution in [3.63, 3.8) is 0 Å². The van der Waals surface area contributed by atoms with Gasteiger partial charge in [-0.25, -0.2) is 0 Å². The van der Waals surface area contributed by atoms with Gasteiger partial charge in [0.15, 0.2) is 0 Å². The van der Waals surface area contributed by atoms with Gasteiger partial charge in [0.05, 0.1) is 5.92 Å². The SMILES string of the molecule is Cc1cccc(/C=C/C(=O)N2CCC[C@H](C(=O)O)C2)c1. The fourth-order valence-electron chi connectivity index (χ4n) is 2.43. The Kier molecular flexibility index (Phi) is 4.56. The topological polar surface area (TPSA) is 57.6 Å². The second-order valence-corrected chi connectivity index (χ2v) is 5.21. The summed E-state index contributed by atoms with van der Waals surface area (Å²) >= 11 is 0. The quantitative estimate of drug-likeness (QED) is 0.860. The molecular weight excluding hydrogens is 254 g/mol. The van der Waals surface area contributed by atoms with Crippen LogP contribution in [0, 0.1) is 12.8 Å². The number of rotatable bonds is 3. The van der Waals surface area contributed by atoms with Gasteiger partial charge in [-0.3, -0.25) is 9.59 Å². The standard InChI is InChI=1S/C16H19NO3/c1-12-4-2-5-13(10-12)7-8-15(18)17-9-3-6-14(11-17)16(19)20/h2,4-5,7-8,10,14H,3,6,9,11H2,1H3,(H,19,20)/b8-7+/t14-/m0/s1. The minimum atomic E-state index is -0.815. The molecule has 1 fully saturated rings. The van der Waals surface area contributed by atoms with Gasteiger partial charge < -0.3 is 10.0 Å². The normalized spacial score (nSPS) is 19.2. The van der Waals surface area contributed by atoms with Crippen LogP contribution in [0.4, 0.5) is 0 Å². The highest BCUT2D eigenvalue weighted by Gasteiger charge is 2.26. The van der Waals surface area contributed by atoms with E-state index in [-0.39, 0.29) is 5.91 Å². The first-order valence-electron chi connectivity index (χ1n) is 6.83. The second-order valence-electron chi connectivity index (χ2n) is 5.21. The Balaban J connectivity index is 1.99. The third kappa shape index (κ3) is 3.70. The van der Waals surface area contributed by atoms with Gasteiger partial charge in [-0.05, 0) is 31.4 Å². The molecule has 4 nitrogen and oxygen atoms in total. The van der Waals surface area contributed by atoms with Crippen molar-refractivity contribution < 1.29 is 14.7 Å². The first-order chi connectivity index (χ1) is 9.56. The maximum atomic E-state index is 12.1. The molecule has 0 aliphatic carbocycles. The van der Waals surface area contributed by atoms with Gasteiger partial charge in [-0.2, -0.15) is 0 Å². The van der Waals surface area contributed by atoms with Gasteiger partial charge >= 0.3 is 5.97 Å².